The molecule has 0 aliphatic heterocycles. The van der Waals surface area contributed by atoms with Crippen LogP contribution in [-0.2, 0) is 14.8 Å². The maximum Gasteiger partial charge on any atom is 0.249 e. The summed E-state index contributed by atoms with van der Waals surface area (Å²) in [6.07, 6.45) is 2.08. The lowest BCUT2D eigenvalue weighted by Gasteiger charge is -2.28. The van der Waals surface area contributed by atoms with Gasteiger partial charge in [-0.3, -0.25) is 14.4 Å². The molecule has 0 fully saturated rings. The third-order valence-corrected chi connectivity index (χ3v) is 6.98. The Morgan fingerprint density at radius 2 is 1.96 bits per heavy atom. The molecule has 1 atom stereocenters. The van der Waals surface area contributed by atoms with Gasteiger partial charge in [-0.2, -0.15) is 0 Å². The summed E-state index contributed by atoms with van der Waals surface area (Å²) in [5, 5.41) is 11.0. The van der Waals surface area contributed by atoms with Gasteiger partial charge in [-0.1, -0.05) is 30.0 Å². The van der Waals surface area contributed by atoms with Gasteiger partial charge in [-0.15, -0.1) is 10.2 Å². The molecule has 0 saturated heterocycles. The summed E-state index contributed by atoms with van der Waals surface area (Å²) in [5.74, 6) is 1.06. The standard InChI is InChI=1S/C17H24N4O4S3/c1-5-11-26-17-20-19-16(27-17)18-15(22)12(3)21(28(4,23)24)13-7-9-14(10-8-13)25-6-2/h7-10,12H,5-6,11H2,1-4H3,(H,18,19,22). The van der Waals surface area contributed by atoms with E-state index in [9.17, 15) is 13.2 Å². The van der Waals surface area contributed by atoms with E-state index in [4.69, 9.17) is 4.74 Å². The number of sulfonamides is 1. The molecule has 8 nitrogen and oxygen atoms in total. The molecule has 1 aromatic heterocycles. The van der Waals surface area contributed by atoms with Crippen LogP contribution in [-0.4, -0.2) is 49.2 Å². The Morgan fingerprint density at radius 1 is 1.29 bits per heavy atom. The second-order valence-electron chi connectivity index (χ2n) is 5.87. The molecule has 1 heterocycles. The minimum atomic E-state index is -3.69. The zero-order valence-corrected chi connectivity index (χ0v) is 18.7. The summed E-state index contributed by atoms with van der Waals surface area (Å²) in [6, 6.07) is 5.59. The van der Waals surface area contributed by atoms with Crippen molar-refractivity contribution in [3.8, 4) is 5.75 Å². The zero-order valence-electron chi connectivity index (χ0n) is 16.2. The van der Waals surface area contributed by atoms with Crippen LogP contribution in [0.4, 0.5) is 10.8 Å². The Labute approximate surface area is 173 Å². The van der Waals surface area contributed by atoms with Crippen LogP contribution in [0.3, 0.4) is 0 Å². The fourth-order valence-corrected chi connectivity index (χ4v) is 5.24. The Bertz CT molecular complexity index is 884. The third-order valence-electron chi connectivity index (χ3n) is 3.56. The van der Waals surface area contributed by atoms with E-state index in [0.29, 0.717) is 23.2 Å². The highest BCUT2D eigenvalue weighted by atomic mass is 32.2. The third kappa shape index (κ3) is 6.08. The highest BCUT2D eigenvalue weighted by molar-refractivity contribution is 8.01. The van der Waals surface area contributed by atoms with Gasteiger partial charge < -0.3 is 4.74 Å². The monoisotopic (exact) mass is 444 g/mol. The summed E-state index contributed by atoms with van der Waals surface area (Å²) in [5.41, 5.74) is 0.380. The van der Waals surface area contributed by atoms with Gasteiger partial charge in [0.15, 0.2) is 4.34 Å². The topological polar surface area (TPSA) is 101 Å². The van der Waals surface area contributed by atoms with Crippen molar-refractivity contribution in [1.29, 1.82) is 0 Å². The maximum atomic E-state index is 12.7. The molecule has 1 N–H and O–H groups in total. The molecule has 1 amide bonds. The van der Waals surface area contributed by atoms with Crippen LogP contribution >= 0.6 is 23.1 Å². The van der Waals surface area contributed by atoms with E-state index in [0.717, 1.165) is 27.1 Å². The van der Waals surface area contributed by atoms with E-state index in [1.54, 1.807) is 36.0 Å². The van der Waals surface area contributed by atoms with Crippen LogP contribution in [0.25, 0.3) is 0 Å². The normalized spacial score (nSPS) is 12.4. The van der Waals surface area contributed by atoms with Gasteiger partial charge in [0, 0.05) is 5.75 Å². The zero-order chi connectivity index (χ0) is 20.7. The Morgan fingerprint density at radius 3 is 2.54 bits per heavy atom. The lowest BCUT2D eigenvalue weighted by atomic mass is 10.2. The quantitative estimate of drug-likeness (QED) is 0.443. The van der Waals surface area contributed by atoms with E-state index < -0.39 is 22.0 Å². The molecule has 2 rings (SSSR count). The number of aromatic nitrogens is 2. The van der Waals surface area contributed by atoms with Gasteiger partial charge in [0.25, 0.3) is 0 Å². The number of benzene rings is 1. The van der Waals surface area contributed by atoms with Crippen molar-refractivity contribution >= 4 is 49.8 Å². The largest absolute Gasteiger partial charge is 0.494 e. The van der Waals surface area contributed by atoms with Crippen LogP contribution in [0.15, 0.2) is 28.6 Å². The molecule has 1 aromatic carbocycles. The smallest absolute Gasteiger partial charge is 0.249 e. The molecule has 0 spiro atoms. The fraction of sp³-hybridized carbons (Fsp3) is 0.471. The molecule has 154 valence electrons. The van der Waals surface area contributed by atoms with E-state index in [-0.39, 0.29) is 0 Å². The molecule has 28 heavy (non-hydrogen) atoms. The number of hydrogen-bond donors (Lipinski definition) is 1. The Hall–Kier alpha value is -1.85. The number of amides is 1. The van der Waals surface area contributed by atoms with Crippen molar-refractivity contribution < 1.29 is 17.9 Å². The number of anilines is 2. The number of thioether (sulfide) groups is 1. The molecule has 0 bridgehead atoms. The first-order valence-electron chi connectivity index (χ1n) is 8.75. The SMILES string of the molecule is CCCSc1nnc(NC(=O)C(C)N(c2ccc(OCC)cc2)S(C)(=O)=O)s1. The molecule has 11 heteroatoms. The molecule has 0 aliphatic rings. The maximum absolute atomic E-state index is 12.7. The van der Waals surface area contributed by atoms with Crippen molar-refractivity contribution in [1.82, 2.24) is 10.2 Å². The first-order chi connectivity index (χ1) is 13.3. The first kappa shape index (κ1) is 22.4. The van der Waals surface area contributed by atoms with Gasteiger partial charge in [0.2, 0.25) is 21.1 Å². The van der Waals surface area contributed by atoms with Gasteiger partial charge in [0.05, 0.1) is 18.6 Å². The predicted octanol–water partition coefficient (Wildman–Crippen LogP) is 3.23. The highest BCUT2D eigenvalue weighted by Gasteiger charge is 2.29. The van der Waals surface area contributed by atoms with Crippen molar-refractivity contribution in [2.24, 2.45) is 0 Å². The number of rotatable bonds is 10. The number of carbonyl (C=O) groups is 1. The fourth-order valence-electron chi connectivity index (χ4n) is 2.38. The molecular weight excluding hydrogens is 420 g/mol. The van der Waals surface area contributed by atoms with E-state index in [1.165, 1.54) is 18.3 Å². The van der Waals surface area contributed by atoms with Crippen molar-refractivity contribution in [2.45, 2.75) is 37.6 Å². The number of nitrogens with zero attached hydrogens (tertiary/aromatic N) is 3. The van der Waals surface area contributed by atoms with Crippen LogP contribution in [0.2, 0.25) is 0 Å². The summed E-state index contributed by atoms with van der Waals surface area (Å²) in [4.78, 5) is 12.7. The average Bonchev–Trinajstić information content (AvgIpc) is 3.08. The van der Waals surface area contributed by atoms with Crippen molar-refractivity contribution in [3.05, 3.63) is 24.3 Å². The van der Waals surface area contributed by atoms with Crippen LogP contribution in [0.1, 0.15) is 27.2 Å². The summed E-state index contributed by atoms with van der Waals surface area (Å²) in [6.45, 7) is 5.97. The summed E-state index contributed by atoms with van der Waals surface area (Å²) < 4.78 is 31.9. The van der Waals surface area contributed by atoms with Gasteiger partial charge in [-0.05, 0) is 44.5 Å². The van der Waals surface area contributed by atoms with Crippen molar-refractivity contribution in [3.63, 3.8) is 0 Å². The molecule has 1 unspecified atom stereocenters. The minimum absolute atomic E-state index is 0.343. The summed E-state index contributed by atoms with van der Waals surface area (Å²) >= 11 is 2.83. The molecule has 0 radical (unpaired) electrons. The van der Waals surface area contributed by atoms with E-state index in [1.807, 2.05) is 6.92 Å². The first-order valence-corrected chi connectivity index (χ1v) is 12.4. The minimum Gasteiger partial charge on any atom is -0.494 e. The van der Waals surface area contributed by atoms with Crippen LogP contribution in [0, 0.1) is 0 Å². The van der Waals surface area contributed by atoms with Gasteiger partial charge in [0.1, 0.15) is 11.8 Å². The predicted molar refractivity (Wildman–Crippen MR) is 114 cm³/mol. The molecule has 2 aromatic rings. The number of carbonyl (C=O) groups excluding carboxylic acids is 1. The molecular formula is C17H24N4O4S3. The Kier molecular flexibility index (Phi) is 8.08. The Balaban J connectivity index is 2.17. The molecule has 0 aliphatic carbocycles. The van der Waals surface area contributed by atoms with Crippen molar-refractivity contribution in [2.75, 3.05) is 28.2 Å². The number of ether oxygens (including phenoxy) is 1. The lowest BCUT2D eigenvalue weighted by Crippen LogP contribution is -2.45. The number of nitrogens with one attached hydrogen (secondary N) is 1. The second-order valence-corrected chi connectivity index (χ2v) is 10.1. The van der Waals surface area contributed by atoms with Gasteiger partial charge >= 0.3 is 0 Å². The molecule has 0 saturated carbocycles. The number of hydrogen-bond acceptors (Lipinski definition) is 8. The van der Waals surface area contributed by atoms with Gasteiger partial charge in [-0.25, -0.2) is 8.42 Å². The van der Waals surface area contributed by atoms with Crippen LogP contribution in [0.5, 0.6) is 5.75 Å². The van der Waals surface area contributed by atoms with E-state index in [2.05, 4.69) is 22.4 Å². The second kappa shape index (κ2) is 10.1. The highest BCUT2D eigenvalue weighted by Crippen LogP contribution is 2.27. The van der Waals surface area contributed by atoms with Crippen LogP contribution < -0.4 is 14.4 Å². The lowest BCUT2D eigenvalue weighted by molar-refractivity contribution is -0.116. The average molecular weight is 445 g/mol. The van der Waals surface area contributed by atoms with E-state index >= 15 is 0 Å². The summed E-state index contributed by atoms with van der Waals surface area (Å²) in [7, 11) is -3.69.